The summed E-state index contributed by atoms with van der Waals surface area (Å²) >= 11 is 5.29. The predicted molar refractivity (Wildman–Crippen MR) is 95.0 cm³/mol. The number of rotatable bonds is 6. The van der Waals surface area contributed by atoms with Gasteiger partial charge in [-0.25, -0.2) is 4.98 Å². The Morgan fingerprint density at radius 3 is 2.84 bits per heavy atom. The van der Waals surface area contributed by atoms with Crippen LogP contribution in [0.5, 0.6) is 0 Å². The summed E-state index contributed by atoms with van der Waals surface area (Å²) in [4.78, 5) is 25.8. The molecular weight excluding hydrogens is 434 g/mol. The number of halogens is 1. The summed E-state index contributed by atoms with van der Waals surface area (Å²) in [6.45, 7) is 0. The average Bonchev–Trinajstić information content (AvgIpc) is 3.23. The number of hydrogen-bond donors (Lipinski definition) is 1. The molecule has 0 spiro atoms. The predicted octanol–water partition coefficient (Wildman–Crippen LogP) is 2.52. The zero-order valence-electron chi connectivity index (χ0n) is 12.2. The molecule has 0 atom stereocenters. The van der Waals surface area contributed by atoms with Crippen LogP contribution in [0.25, 0.3) is 5.69 Å². The second-order valence-corrected chi connectivity index (χ2v) is 7.31. The SMILES string of the molecule is O=C(CSc1nnnn1-c1ccc(Br)cc1)Nc1ncc([N+](=O)[O-])s1. The van der Waals surface area contributed by atoms with Crippen molar-refractivity contribution in [3.63, 3.8) is 0 Å². The summed E-state index contributed by atoms with van der Waals surface area (Å²) in [6.07, 6.45) is 1.10. The molecule has 2 heterocycles. The molecule has 128 valence electrons. The number of nitrogens with zero attached hydrogens (tertiary/aromatic N) is 6. The van der Waals surface area contributed by atoms with E-state index in [2.05, 4.69) is 41.8 Å². The van der Waals surface area contributed by atoms with Gasteiger partial charge in [0.25, 0.3) is 0 Å². The van der Waals surface area contributed by atoms with Crippen LogP contribution in [0.4, 0.5) is 10.1 Å². The van der Waals surface area contributed by atoms with Crippen LogP contribution in [0.15, 0.2) is 40.1 Å². The number of hydrogen-bond acceptors (Lipinski definition) is 9. The van der Waals surface area contributed by atoms with E-state index >= 15 is 0 Å². The number of thioether (sulfide) groups is 1. The van der Waals surface area contributed by atoms with E-state index in [9.17, 15) is 14.9 Å². The maximum absolute atomic E-state index is 12.0. The van der Waals surface area contributed by atoms with Crippen molar-refractivity contribution in [3.8, 4) is 5.69 Å². The number of amides is 1. The van der Waals surface area contributed by atoms with Crippen LogP contribution in [0, 0.1) is 10.1 Å². The van der Waals surface area contributed by atoms with Gasteiger partial charge in [-0.05, 0) is 46.0 Å². The molecule has 1 amide bonds. The van der Waals surface area contributed by atoms with Gasteiger partial charge < -0.3 is 5.32 Å². The van der Waals surface area contributed by atoms with Crippen LogP contribution < -0.4 is 5.32 Å². The molecule has 25 heavy (non-hydrogen) atoms. The maximum Gasteiger partial charge on any atom is 0.345 e. The van der Waals surface area contributed by atoms with Crippen molar-refractivity contribution in [2.24, 2.45) is 0 Å². The number of anilines is 1. The van der Waals surface area contributed by atoms with Crippen LogP contribution in [-0.2, 0) is 4.79 Å². The number of thiazole rings is 1. The van der Waals surface area contributed by atoms with Crippen molar-refractivity contribution in [3.05, 3.63) is 45.0 Å². The normalized spacial score (nSPS) is 10.6. The first-order chi connectivity index (χ1) is 12.0. The summed E-state index contributed by atoms with van der Waals surface area (Å²) in [5.41, 5.74) is 0.756. The maximum atomic E-state index is 12.0. The van der Waals surface area contributed by atoms with E-state index in [-0.39, 0.29) is 21.8 Å². The first-order valence-corrected chi connectivity index (χ1v) is 9.19. The van der Waals surface area contributed by atoms with Gasteiger partial charge >= 0.3 is 5.00 Å². The van der Waals surface area contributed by atoms with E-state index in [1.807, 2.05) is 24.3 Å². The lowest BCUT2D eigenvalue weighted by Gasteiger charge is -2.04. The molecule has 0 aliphatic rings. The largest absolute Gasteiger partial charge is 0.345 e. The molecule has 0 saturated carbocycles. The third kappa shape index (κ3) is 4.37. The molecule has 3 rings (SSSR count). The van der Waals surface area contributed by atoms with Crippen molar-refractivity contribution in [1.82, 2.24) is 25.2 Å². The van der Waals surface area contributed by atoms with E-state index < -0.39 is 4.92 Å². The number of tetrazole rings is 1. The Morgan fingerprint density at radius 2 is 2.16 bits per heavy atom. The summed E-state index contributed by atoms with van der Waals surface area (Å²) in [6, 6.07) is 7.37. The minimum atomic E-state index is -0.561. The minimum absolute atomic E-state index is 0.0320. The summed E-state index contributed by atoms with van der Waals surface area (Å²) < 4.78 is 2.44. The molecule has 1 N–H and O–H groups in total. The monoisotopic (exact) mass is 441 g/mol. The van der Waals surface area contributed by atoms with E-state index in [4.69, 9.17) is 0 Å². The molecule has 0 saturated heterocycles. The Hall–Kier alpha value is -2.38. The quantitative estimate of drug-likeness (QED) is 0.350. The fourth-order valence-corrected chi connectivity index (χ4v) is 3.31. The van der Waals surface area contributed by atoms with Crippen molar-refractivity contribution in [2.45, 2.75) is 5.16 Å². The smallest absolute Gasteiger partial charge is 0.301 e. The first-order valence-electron chi connectivity index (χ1n) is 6.60. The zero-order valence-corrected chi connectivity index (χ0v) is 15.4. The number of carbonyl (C=O) groups excluding carboxylic acids is 1. The molecule has 0 aliphatic carbocycles. The Kier molecular flexibility index (Phi) is 5.35. The van der Waals surface area contributed by atoms with Gasteiger partial charge in [0.2, 0.25) is 11.1 Å². The van der Waals surface area contributed by atoms with Crippen molar-refractivity contribution in [1.29, 1.82) is 0 Å². The number of aromatic nitrogens is 5. The first kappa shape index (κ1) is 17.4. The highest BCUT2D eigenvalue weighted by Gasteiger charge is 2.15. The standard InChI is InChI=1S/C12H8BrN7O3S2/c13-7-1-3-8(4-2-7)19-12(16-17-18-19)24-6-9(21)15-11-14-5-10(25-11)20(22)23/h1-5H,6H2,(H,14,15,21). The Bertz CT molecular complexity index is 912. The molecule has 10 nitrogen and oxygen atoms in total. The van der Waals surface area contributed by atoms with Gasteiger partial charge in [-0.3, -0.25) is 14.9 Å². The second kappa shape index (κ2) is 7.67. The zero-order chi connectivity index (χ0) is 17.8. The molecule has 1 aromatic carbocycles. The Morgan fingerprint density at radius 1 is 1.40 bits per heavy atom. The highest BCUT2D eigenvalue weighted by atomic mass is 79.9. The molecule has 0 radical (unpaired) electrons. The third-order valence-corrected chi connectivity index (χ3v) is 5.08. The van der Waals surface area contributed by atoms with E-state index in [0.29, 0.717) is 5.16 Å². The molecule has 3 aromatic rings. The van der Waals surface area contributed by atoms with E-state index in [1.54, 1.807) is 0 Å². The van der Waals surface area contributed by atoms with Gasteiger partial charge in [0, 0.05) is 4.47 Å². The summed E-state index contributed by atoms with van der Waals surface area (Å²) in [7, 11) is 0. The number of carbonyl (C=O) groups is 1. The van der Waals surface area contributed by atoms with Crippen LogP contribution in [0.1, 0.15) is 0 Å². The average molecular weight is 442 g/mol. The molecule has 0 bridgehead atoms. The Balaban J connectivity index is 1.62. The fraction of sp³-hybridized carbons (Fsp3) is 0.0833. The number of nitro groups is 1. The minimum Gasteiger partial charge on any atom is -0.301 e. The lowest BCUT2D eigenvalue weighted by Crippen LogP contribution is -2.14. The second-order valence-electron chi connectivity index (χ2n) is 4.45. The highest BCUT2D eigenvalue weighted by molar-refractivity contribution is 9.10. The molecule has 0 fully saturated rings. The lowest BCUT2D eigenvalue weighted by molar-refractivity contribution is -0.380. The van der Waals surface area contributed by atoms with E-state index in [0.717, 1.165) is 39.5 Å². The van der Waals surface area contributed by atoms with Gasteiger partial charge in [-0.2, -0.15) is 4.68 Å². The van der Waals surface area contributed by atoms with Gasteiger partial charge in [-0.1, -0.05) is 27.7 Å². The Labute approximate surface area is 156 Å². The number of benzene rings is 1. The van der Waals surface area contributed by atoms with Crippen molar-refractivity contribution in [2.75, 3.05) is 11.1 Å². The highest BCUT2D eigenvalue weighted by Crippen LogP contribution is 2.25. The van der Waals surface area contributed by atoms with Crippen LogP contribution in [0.3, 0.4) is 0 Å². The van der Waals surface area contributed by atoms with Gasteiger partial charge in [-0.15, -0.1) is 5.10 Å². The molecule has 2 aromatic heterocycles. The van der Waals surface area contributed by atoms with Crippen LogP contribution in [0.2, 0.25) is 0 Å². The lowest BCUT2D eigenvalue weighted by atomic mass is 10.3. The van der Waals surface area contributed by atoms with Gasteiger partial charge in [0.1, 0.15) is 6.20 Å². The topological polar surface area (TPSA) is 129 Å². The molecular formula is C12H8BrN7O3S2. The van der Waals surface area contributed by atoms with Gasteiger partial charge in [0.05, 0.1) is 16.4 Å². The van der Waals surface area contributed by atoms with Crippen molar-refractivity contribution < 1.29 is 9.72 Å². The molecule has 13 heteroatoms. The van der Waals surface area contributed by atoms with Crippen LogP contribution >= 0.6 is 39.0 Å². The van der Waals surface area contributed by atoms with E-state index in [1.165, 1.54) is 4.68 Å². The number of nitrogens with one attached hydrogen (secondary N) is 1. The molecule has 0 aliphatic heterocycles. The fourth-order valence-electron chi connectivity index (χ4n) is 1.71. The van der Waals surface area contributed by atoms with Crippen LogP contribution in [-0.4, -0.2) is 41.8 Å². The summed E-state index contributed by atoms with van der Waals surface area (Å²) in [5.74, 6) is -0.329. The molecule has 0 unspecified atom stereocenters. The summed E-state index contributed by atoms with van der Waals surface area (Å²) in [5, 5.41) is 25.0. The van der Waals surface area contributed by atoms with Crippen molar-refractivity contribution >= 4 is 55.1 Å². The van der Waals surface area contributed by atoms with Gasteiger partial charge in [0.15, 0.2) is 5.13 Å². The third-order valence-electron chi connectivity index (χ3n) is 2.76.